The number of methoxy groups -OCH3 is 1. The smallest absolute Gasteiger partial charge is 0.461 e. The lowest BCUT2D eigenvalue weighted by Gasteiger charge is -2.27. The van der Waals surface area contributed by atoms with Crippen LogP contribution in [0.3, 0.4) is 0 Å². The first-order chi connectivity index (χ1) is 12.9. The molecule has 17 heteroatoms. The molecule has 29 heavy (non-hydrogen) atoms. The summed E-state index contributed by atoms with van der Waals surface area (Å²) in [7, 11) is -8.50. The fourth-order valence-corrected chi connectivity index (χ4v) is 4.06. The van der Waals surface area contributed by atoms with Crippen LogP contribution in [0.25, 0.3) is 0 Å². The molecule has 0 saturated carbocycles. The molecule has 0 aromatic heterocycles. The molecule has 164 valence electrons. The minimum Gasteiger partial charge on any atom is -0.468 e. The molecule has 0 N–H and O–H groups in total. The molecule has 1 aromatic carbocycles. The second-order valence-corrected chi connectivity index (χ2v) is 8.46. The largest absolute Gasteiger partial charge is 0.468 e. The van der Waals surface area contributed by atoms with Crippen LogP contribution in [-0.4, -0.2) is 53.7 Å². The number of hydrogen-bond donors (Lipinski definition) is 0. The van der Waals surface area contributed by atoms with E-state index in [0.29, 0.717) is 0 Å². The molecule has 0 radical (unpaired) electrons. The lowest BCUT2D eigenvalue weighted by molar-refractivity contribution is -0.388. The van der Waals surface area contributed by atoms with E-state index in [1.165, 1.54) is 0 Å². The van der Waals surface area contributed by atoms with Gasteiger partial charge in [-0.05, 0) is 12.1 Å². The van der Waals surface area contributed by atoms with Crippen molar-refractivity contribution in [3.8, 4) is 0 Å². The van der Waals surface area contributed by atoms with Gasteiger partial charge in [0, 0.05) is 6.07 Å². The monoisotopic (exact) mass is 475 g/mol. The van der Waals surface area contributed by atoms with Crippen LogP contribution in [0, 0.1) is 10.1 Å². The van der Waals surface area contributed by atoms with Crippen LogP contribution in [0.5, 0.6) is 0 Å². The Kier molecular flexibility index (Phi) is 6.69. The van der Waals surface area contributed by atoms with Crippen molar-refractivity contribution in [3.63, 3.8) is 0 Å². The van der Waals surface area contributed by atoms with Gasteiger partial charge in [0.25, 0.3) is 15.5 Å². The van der Waals surface area contributed by atoms with Gasteiger partial charge < -0.3 is 4.74 Å². The van der Waals surface area contributed by atoms with Crippen LogP contribution in [0.4, 0.5) is 36.4 Å². The molecule has 1 rings (SSSR count). The van der Waals surface area contributed by atoms with Crippen LogP contribution in [-0.2, 0) is 30.2 Å². The number of nitro groups is 1. The maximum absolute atomic E-state index is 13.6. The summed E-state index contributed by atoms with van der Waals surface area (Å²) in [5, 5.41) is 4.29. The fraction of sp³-hybridized carbons (Fsp3) is 0.417. The van der Waals surface area contributed by atoms with Gasteiger partial charge in [0.1, 0.15) is 10.6 Å². The molecule has 1 aromatic rings. The van der Waals surface area contributed by atoms with Crippen molar-refractivity contribution in [2.24, 2.45) is 0 Å². The molecule has 0 aliphatic rings. The highest BCUT2D eigenvalue weighted by Gasteiger charge is 2.78. The number of sulfone groups is 1. The lowest BCUT2D eigenvalue weighted by atomic mass is 10.3. The van der Waals surface area contributed by atoms with E-state index >= 15 is 0 Å². The molecule has 1 atom stereocenters. The molecule has 0 saturated heterocycles. The Morgan fingerprint density at radius 3 is 2.10 bits per heavy atom. The van der Waals surface area contributed by atoms with Crippen molar-refractivity contribution in [2.45, 2.75) is 27.1 Å². The molecular formula is C12H8F7NO7S2. The number of hydrogen-bond acceptors (Lipinski definition) is 7. The Morgan fingerprint density at radius 2 is 1.69 bits per heavy atom. The van der Waals surface area contributed by atoms with Gasteiger partial charge in [0.2, 0.25) is 0 Å². The molecule has 8 nitrogen and oxygen atoms in total. The lowest BCUT2D eigenvalue weighted by Crippen LogP contribution is -2.55. The molecule has 0 amide bonds. The van der Waals surface area contributed by atoms with E-state index in [1.807, 2.05) is 0 Å². The van der Waals surface area contributed by atoms with Crippen molar-refractivity contribution in [2.75, 3.05) is 12.9 Å². The van der Waals surface area contributed by atoms with Gasteiger partial charge in [0.05, 0.1) is 27.7 Å². The zero-order valence-corrected chi connectivity index (χ0v) is 15.3. The normalized spacial score (nSPS) is 14.3. The molecular weight excluding hydrogens is 467 g/mol. The number of benzene rings is 1. The van der Waals surface area contributed by atoms with Gasteiger partial charge in [-0.25, -0.2) is 8.42 Å². The highest BCUT2D eigenvalue weighted by molar-refractivity contribution is 7.92. The van der Waals surface area contributed by atoms with Crippen molar-refractivity contribution < 1.29 is 57.8 Å². The minimum absolute atomic E-state index is 0.0210. The number of nitrogens with zero attached hydrogens (tertiary/aromatic N) is 1. The van der Waals surface area contributed by atoms with E-state index in [-0.39, 0.29) is 18.2 Å². The third-order valence-corrected chi connectivity index (χ3v) is 6.36. The number of alkyl halides is 7. The van der Waals surface area contributed by atoms with E-state index in [1.54, 1.807) is 0 Å². The Morgan fingerprint density at radius 1 is 1.17 bits per heavy atom. The molecule has 0 aliphatic heterocycles. The van der Waals surface area contributed by atoms with E-state index in [4.69, 9.17) is 0 Å². The zero-order valence-electron chi connectivity index (χ0n) is 13.7. The molecule has 0 aliphatic carbocycles. The first-order valence-corrected chi connectivity index (χ1v) is 9.52. The summed E-state index contributed by atoms with van der Waals surface area (Å²) >= 11 is 0. The number of carbonyl (C=O) groups excluding carboxylic acids is 1. The average Bonchev–Trinajstić information content (AvgIpc) is 2.59. The number of rotatable bonds is 7. The summed E-state index contributed by atoms with van der Waals surface area (Å²) in [6, 6.07) is 0.0271. The van der Waals surface area contributed by atoms with Gasteiger partial charge in [-0.3, -0.25) is 19.1 Å². The third-order valence-electron chi connectivity index (χ3n) is 3.22. The van der Waals surface area contributed by atoms with Crippen molar-refractivity contribution in [1.29, 1.82) is 0 Å². The fourth-order valence-electron chi connectivity index (χ4n) is 1.73. The molecule has 0 bridgehead atoms. The molecule has 0 spiro atoms. The predicted molar refractivity (Wildman–Crippen MR) is 79.5 cm³/mol. The Balaban J connectivity index is 3.60. The molecule has 0 heterocycles. The summed E-state index contributed by atoms with van der Waals surface area (Å²) < 4.78 is 130. The van der Waals surface area contributed by atoms with Crippen LogP contribution >= 0.6 is 0 Å². The van der Waals surface area contributed by atoms with Gasteiger partial charge >= 0.3 is 23.3 Å². The number of halogens is 7. The van der Waals surface area contributed by atoms with Crippen LogP contribution in [0.1, 0.15) is 0 Å². The second kappa shape index (κ2) is 7.85. The Labute approximate surface area is 159 Å². The van der Waals surface area contributed by atoms with E-state index in [9.17, 15) is 58.3 Å². The highest BCUT2D eigenvalue weighted by atomic mass is 32.2. The molecule has 1 unspecified atom stereocenters. The topological polar surface area (TPSA) is 121 Å². The van der Waals surface area contributed by atoms with E-state index < -0.39 is 70.1 Å². The molecule has 0 fully saturated rings. The van der Waals surface area contributed by atoms with Gasteiger partial charge in [-0.1, -0.05) is 0 Å². The van der Waals surface area contributed by atoms with Crippen LogP contribution < -0.4 is 0 Å². The number of nitro benzene ring substituents is 1. The summed E-state index contributed by atoms with van der Waals surface area (Å²) in [6.07, 6.45) is -6.96. The van der Waals surface area contributed by atoms with E-state index in [2.05, 4.69) is 4.74 Å². The first kappa shape index (κ1) is 24.7. The zero-order chi connectivity index (χ0) is 23.0. The number of ether oxygens (including phenoxy) is 1. The van der Waals surface area contributed by atoms with Crippen molar-refractivity contribution >= 4 is 32.3 Å². The summed E-state index contributed by atoms with van der Waals surface area (Å²) in [5.41, 5.74) is -1.47. The van der Waals surface area contributed by atoms with Crippen molar-refractivity contribution in [1.82, 2.24) is 0 Å². The van der Waals surface area contributed by atoms with Crippen LogP contribution in [0.15, 0.2) is 28.0 Å². The van der Waals surface area contributed by atoms with Crippen molar-refractivity contribution in [3.05, 3.63) is 28.3 Å². The summed E-state index contributed by atoms with van der Waals surface area (Å²) in [5.74, 6) is -9.14. The minimum atomic E-state index is -7.03. The maximum atomic E-state index is 13.6. The SMILES string of the molecule is COC(=O)CS(=O)c1ccc(S(=O)(=O)C(F)(F)C(F)(F)C(F)(F)F)cc1[N+](=O)[O-]. The first-order valence-electron chi connectivity index (χ1n) is 6.72. The summed E-state index contributed by atoms with van der Waals surface area (Å²) in [6.45, 7) is 0. The van der Waals surface area contributed by atoms with E-state index in [0.717, 1.165) is 7.11 Å². The second-order valence-electron chi connectivity index (χ2n) is 5.04. The number of esters is 1. The van der Waals surface area contributed by atoms with Gasteiger partial charge in [-0.2, -0.15) is 30.7 Å². The predicted octanol–water partition coefficient (Wildman–Crippen LogP) is 2.44. The van der Waals surface area contributed by atoms with Crippen LogP contribution in [0.2, 0.25) is 0 Å². The average molecular weight is 475 g/mol. The quantitative estimate of drug-likeness (QED) is 0.257. The third kappa shape index (κ3) is 4.34. The van der Waals surface area contributed by atoms with Gasteiger partial charge in [-0.15, -0.1) is 0 Å². The standard InChI is InChI=1S/C12H8F7NO7S2/c1-27-9(21)5-28(24)8-3-2-6(4-7(8)20(22)23)29(25,26)12(18,19)10(13,14)11(15,16)17/h2-4H,5H2,1H3. The number of carbonyl (C=O) groups is 1. The van der Waals surface area contributed by atoms with Gasteiger partial charge in [0.15, 0.2) is 0 Å². The Bertz CT molecular complexity index is 960. The highest BCUT2D eigenvalue weighted by Crippen LogP contribution is 2.51. The summed E-state index contributed by atoms with van der Waals surface area (Å²) in [4.78, 5) is 17.8. The Hall–Kier alpha value is -2.30. The maximum Gasteiger partial charge on any atom is 0.461 e.